The number of hydrogen-bond acceptors (Lipinski definition) is 3. The number of carbonyl (C=O) groups excluding carboxylic acids is 2. The molecule has 0 saturated heterocycles. The summed E-state index contributed by atoms with van der Waals surface area (Å²) >= 11 is 0. The Labute approximate surface area is 103 Å². The third-order valence-corrected chi connectivity index (χ3v) is 3.33. The fourth-order valence-corrected chi connectivity index (χ4v) is 2.53. The molecule has 0 unspecified atom stereocenters. The van der Waals surface area contributed by atoms with Crippen LogP contribution in [0.15, 0.2) is 12.2 Å². The Bertz CT molecular complexity index is 330. The fourth-order valence-electron chi connectivity index (χ4n) is 2.53. The molecule has 0 aliphatic carbocycles. The first-order chi connectivity index (χ1) is 7.89. The van der Waals surface area contributed by atoms with Crippen LogP contribution in [0.5, 0.6) is 0 Å². The predicted octanol–water partition coefficient (Wildman–Crippen LogP) is 2.89. The highest BCUT2D eigenvalue weighted by Gasteiger charge is 2.42. The normalized spacial score (nSPS) is 25.1. The van der Waals surface area contributed by atoms with E-state index in [-0.39, 0.29) is 17.7 Å². The van der Waals surface area contributed by atoms with Crippen LogP contribution in [0.4, 0.5) is 0 Å². The summed E-state index contributed by atoms with van der Waals surface area (Å²) in [7, 11) is 0. The Morgan fingerprint density at radius 2 is 2.12 bits per heavy atom. The lowest BCUT2D eigenvalue weighted by Gasteiger charge is -2.35. The number of ketones is 1. The van der Waals surface area contributed by atoms with Gasteiger partial charge in [-0.25, -0.2) is 4.79 Å². The summed E-state index contributed by atoms with van der Waals surface area (Å²) in [5.74, 6) is 0.437. The van der Waals surface area contributed by atoms with Crippen molar-refractivity contribution in [3.63, 3.8) is 0 Å². The van der Waals surface area contributed by atoms with Crippen molar-refractivity contribution in [3.8, 4) is 0 Å². The Balaban J connectivity index is 2.90. The molecular formula is C14H22O3. The van der Waals surface area contributed by atoms with E-state index in [9.17, 15) is 9.59 Å². The second kappa shape index (κ2) is 5.48. The van der Waals surface area contributed by atoms with E-state index in [1.807, 2.05) is 13.0 Å². The Hall–Kier alpha value is -1.12. The van der Waals surface area contributed by atoms with Crippen LogP contribution in [-0.2, 0) is 14.3 Å². The zero-order chi connectivity index (χ0) is 13.1. The summed E-state index contributed by atoms with van der Waals surface area (Å²) in [4.78, 5) is 22.7. The highest BCUT2D eigenvalue weighted by atomic mass is 16.6. The zero-order valence-corrected chi connectivity index (χ0v) is 11.2. The maximum Gasteiger partial charge on any atom is 0.331 e. The SMILES string of the molecule is CC[C@@]1([C@H](CC(C)=O)CC(C)C)C=CC(=O)O1. The van der Waals surface area contributed by atoms with E-state index in [0.29, 0.717) is 12.3 Å². The van der Waals surface area contributed by atoms with E-state index < -0.39 is 5.60 Å². The summed E-state index contributed by atoms with van der Waals surface area (Å²) in [6, 6.07) is 0. The number of hydrogen-bond donors (Lipinski definition) is 0. The van der Waals surface area contributed by atoms with Crippen LogP contribution in [0.1, 0.15) is 47.0 Å². The van der Waals surface area contributed by atoms with Crippen molar-refractivity contribution < 1.29 is 14.3 Å². The molecule has 0 aromatic heterocycles. The van der Waals surface area contributed by atoms with Gasteiger partial charge in [-0.1, -0.05) is 20.8 Å². The van der Waals surface area contributed by atoms with Crippen molar-refractivity contribution in [1.82, 2.24) is 0 Å². The molecule has 0 amide bonds. The predicted molar refractivity (Wildman–Crippen MR) is 66.5 cm³/mol. The Kier molecular flexibility index (Phi) is 4.49. The molecule has 1 aliphatic heterocycles. The molecule has 96 valence electrons. The minimum absolute atomic E-state index is 0.0905. The second-order valence-electron chi connectivity index (χ2n) is 5.30. The van der Waals surface area contributed by atoms with Gasteiger partial charge in [0.2, 0.25) is 0 Å². The molecule has 1 aliphatic rings. The van der Waals surface area contributed by atoms with Gasteiger partial charge in [-0.15, -0.1) is 0 Å². The first-order valence-electron chi connectivity index (χ1n) is 6.31. The van der Waals surface area contributed by atoms with Gasteiger partial charge in [-0.2, -0.15) is 0 Å². The first-order valence-corrected chi connectivity index (χ1v) is 6.31. The largest absolute Gasteiger partial charge is 0.451 e. The molecule has 0 bridgehead atoms. The molecule has 2 atom stereocenters. The van der Waals surface area contributed by atoms with Gasteiger partial charge in [0.25, 0.3) is 0 Å². The zero-order valence-electron chi connectivity index (χ0n) is 11.2. The molecule has 3 heteroatoms. The van der Waals surface area contributed by atoms with Gasteiger partial charge in [0.05, 0.1) is 0 Å². The van der Waals surface area contributed by atoms with Crippen LogP contribution in [0, 0.1) is 11.8 Å². The number of rotatable bonds is 6. The fraction of sp³-hybridized carbons (Fsp3) is 0.714. The summed E-state index contributed by atoms with van der Waals surface area (Å²) in [5, 5.41) is 0. The minimum atomic E-state index is -0.562. The number of Topliss-reactive ketones (excluding diaryl/α,β-unsaturated/α-hetero) is 1. The summed E-state index contributed by atoms with van der Waals surface area (Å²) < 4.78 is 5.46. The lowest BCUT2D eigenvalue weighted by Crippen LogP contribution is -2.38. The van der Waals surface area contributed by atoms with Gasteiger partial charge < -0.3 is 9.53 Å². The van der Waals surface area contributed by atoms with Crippen LogP contribution in [-0.4, -0.2) is 17.4 Å². The van der Waals surface area contributed by atoms with E-state index in [4.69, 9.17) is 4.74 Å². The molecule has 17 heavy (non-hydrogen) atoms. The maximum atomic E-state index is 11.4. The minimum Gasteiger partial charge on any atom is -0.451 e. The van der Waals surface area contributed by atoms with Crippen LogP contribution in [0.25, 0.3) is 0 Å². The average molecular weight is 238 g/mol. The van der Waals surface area contributed by atoms with E-state index in [1.165, 1.54) is 6.08 Å². The average Bonchev–Trinajstić information content (AvgIpc) is 2.59. The molecular weight excluding hydrogens is 216 g/mol. The summed E-state index contributed by atoms with van der Waals surface area (Å²) in [6.07, 6.45) is 5.41. The summed E-state index contributed by atoms with van der Waals surface area (Å²) in [6.45, 7) is 7.83. The van der Waals surface area contributed by atoms with Gasteiger partial charge in [0.1, 0.15) is 11.4 Å². The van der Waals surface area contributed by atoms with Crippen LogP contribution in [0.2, 0.25) is 0 Å². The summed E-state index contributed by atoms with van der Waals surface area (Å²) in [5.41, 5.74) is -0.562. The van der Waals surface area contributed by atoms with Crippen molar-refractivity contribution in [3.05, 3.63) is 12.2 Å². The molecule has 0 fully saturated rings. The van der Waals surface area contributed by atoms with E-state index in [2.05, 4.69) is 13.8 Å². The lowest BCUT2D eigenvalue weighted by molar-refractivity contribution is -0.152. The monoisotopic (exact) mass is 238 g/mol. The molecule has 1 rings (SSSR count). The molecule has 0 saturated carbocycles. The van der Waals surface area contributed by atoms with Crippen molar-refractivity contribution >= 4 is 11.8 Å². The Morgan fingerprint density at radius 1 is 1.47 bits per heavy atom. The molecule has 0 radical (unpaired) electrons. The lowest BCUT2D eigenvalue weighted by atomic mass is 9.77. The van der Waals surface area contributed by atoms with Gasteiger partial charge >= 0.3 is 5.97 Å². The van der Waals surface area contributed by atoms with E-state index in [1.54, 1.807) is 6.92 Å². The molecule has 0 N–H and O–H groups in total. The van der Waals surface area contributed by atoms with Crippen molar-refractivity contribution in [2.75, 3.05) is 0 Å². The quantitative estimate of drug-likeness (QED) is 0.668. The van der Waals surface area contributed by atoms with Crippen LogP contribution < -0.4 is 0 Å². The molecule has 0 aromatic rings. The number of esters is 1. The molecule has 0 spiro atoms. The molecule has 0 aromatic carbocycles. The van der Waals surface area contributed by atoms with Crippen molar-refractivity contribution in [2.24, 2.45) is 11.8 Å². The third kappa shape index (κ3) is 3.42. The first kappa shape index (κ1) is 13.9. The van der Waals surface area contributed by atoms with Gasteiger partial charge in [0, 0.05) is 18.4 Å². The van der Waals surface area contributed by atoms with Crippen LogP contribution in [0.3, 0.4) is 0 Å². The second-order valence-corrected chi connectivity index (χ2v) is 5.30. The van der Waals surface area contributed by atoms with Crippen molar-refractivity contribution in [2.45, 2.75) is 52.6 Å². The third-order valence-electron chi connectivity index (χ3n) is 3.33. The smallest absolute Gasteiger partial charge is 0.331 e. The Morgan fingerprint density at radius 3 is 2.47 bits per heavy atom. The van der Waals surface area contributed by atoms with E-state index >= 15 is 0 Å². The number of cyclic esters (lactones) is 1. The number of ether oxygens (including phenoxy) is 1. The van der Waals surface area contributed by atoms with Crippen LogP contribution >= 0.6 is 0 Å². The number of carbonyl (C=O) groups is 2. The maximum absolute atomic E-state index is 11.4. The van der Waals surface area contributed by atoms with Gasteiger partial charge in [-0.05, 0) is 31.8 Å². The topological polar surface area (TPSA) is 43.4 Å². The highest BCUT2D eigenvalue weighted by molar-refractivity contribution is 5.85. The van der Waals surface area contributed by atoms with E-state index in [0.717, 1.165) is 12.8 Å². The van der Waals surface area contributed by atoms with Gasteiger partial charge in [-0.3, -0.25) is 0 Å². The molecule has 3 nitrogen and oxygen atoms in total. The van der Waals surface area contributed by atoms with Crippen molar-refractivity contribution in [1.29, 1.82) is 0 Å². The van der Waals surface area contributed by atoms with Gasteiger partial charge in [0.15, 0.2) is 0 Å². The standard InChI is InChI=1S/C14H22O3/c1-5-14(7-6-13(16)17-14)12(8-10(2)3)9-11(4)15/h6-7,10,12H,5,8-9H2,1-4H3/t12-,14-/m0/s1. The highest BCUT2D eigenvalue weighted by Crippen LogP contribution is 2.38. The molecule has 1 heterocycles.